The molecule has 156 valence electrons. The van der Waals surface area contributed by atoms with E-state index in [1.165, 1.54) is 0 Å². The normalized spacial score (nSPS) is 11.4. The van der Waals surface area contributed by atoms with E-state index in [4.69, 9.17) is 5.26 Å². The zero-order valence-electron chi connectivity index (χ0n) is 18.0. The van der Waals surface area contributed by atoms with E-state index in [0.717, 1.165) is 27.9 Å². The number of nitrogens with zero attached hydrogens (tertiary/aromatic N) is 2. The molecule has 0 saturated carbocycles. The van der Waals surface area contributed by atoms with Crippen LogP contribution < -0.4 is 5.32 Å². The molecule has 0 aliphatic rings. The maximum Gasteiger partial charge on any atom is 0.253 e. The van der Waals surface area contributed by atoms with Gasteiger partial charge in [-0.15, -0.1) is 0 Å². The number of benzene rings is 3. The molecular formula is C28H23N3O. The maximum absolute atomic E-state index is 12.9. The highest BCUT2D eigenvalue weighted by Crippen LogP contribution is 2.24. The third-order valence-corrected chi connectivity index (χ3v) is 5.48. The van der Waals surface area contributed by atoms with Crippen LogP contribution >= 0.6 is 0 Å². The lowest BCUT2D eigenvalue weighted by atomic mass is 10.00. The van der Waals surface area contributed by atoms with Crippen LogP contribution in [0.15, 0.2) is 91.0 Å². The van der Waals surface area contributed by atoms with Gasteiger partial charge in [-0.3, -0.25) is 9.78 Å². The van der Waals surface area contributed by atoms with Crippen molar-refractivity contribution in [3.05, 3.63) is 113 Å². The van der Waals surface area contributed by atoms with E-state index in [-0.39, 0.29) is 11.9 Å². The van der Waals surface area contributed by atoms with Gasteiger partial charge in [0.2, 0.25) is 0 Å². The predicted octanol–water partition coefficient (Wildman–Crippen LogP) is 6.09. The van der Waals surface area contributed by atoms with Crippen LogP contribution in [0.2, 0.25) is 0 Å². The third-order valence-electron chi connectivity index (χ3n) is 5.48. The molecule has 0 radical (unpaired) electrons. The number of carbonyl (C=O) groups excluding carboxylic acids is 1. The summed E-state index contributed by atoms with van der Waals surface area (Å²) < 4.78 is 0. The summed E-state index contributed by atoms with van der Waals surface area (Å²) in [4.78, 5) is 17.5. The van der Waals surface area contributed by atoms with Crippen molar-refractivity contribution in [2.45, 2.75) is 19.9 Å². The average molecular weight is 418 g/mol. The standard InChI is InChI=1S/C28H23N3O/c1-19(22-11-13-23(14-12-22)25-10-6-7-21(17-25)18-29)31-28(32)26-15-16-27(30-20(26)2)24-8-4-3-5-9-24/h3-17,19H,1-2H3,(H,31,32). The van der Waals surface area contributed by atoms with Crippen LogP contribution in [-0.4, -0.2) is 10.9 Å². The first kappa shape index (κ1) is 21.0. The summed E-state index contributed by atoms with van der Waals surface area (Å²) in [5.41, 5.74) is 6.80. The van der Waals surface area contributed by atoms with Crippen molar-refractivity contribution in [2.24, 2.45) is 0 Å². The molecule has 0 spiro atoms. The van der Waals surface area contributed by atoms with Crippen LogP contribution in [0.1, 0.15) is 40.1 Å². The molecule has 4 heteroatoms. The molecule has 3 aromatic carbocycles. The molecule has 1 aromatic heterocycles. The first-order valence-electron chi connectivity index (χ1n) is 10.5. The van der Waals surface area contributed by atoms with Gasteiger partial charge in [0, 0.05) is 5.56 Å². The topological polar surface area (TPSA) is 65.8 Å². The molecule has 32 heavy (non-hydrogen) atoms. The lowest BCUT2D eigenvalue weighted by Crippen LogP contribution is -2.27. The van der Waals surface area contributed by atoms with E-state index < -0.39 is 0 Å². The Hall–Kier alpha value is -4.23. The first-order valence-corrected chi connectivity index (χ1v) is 10.5. The maximum atomic E-state index is 12.9. The van der Waals surface area contributed by atoms with Crippen molar-refractivity contribution < 1.29 is 4.79 Å². The molecule has 1 heterocycles. The highest BCUT2D eigenvalue weighted by atomic mass is 16.1. The average Bonchev–Trinajstić information content (AvgIpc) is 2.84. The summed E-state index contributed by atoms with van der Waals surface area (Å²) >= 11 is 0. The predicted molar refractivity (Wildman–Crippen MR) is 127 cm³/mol. The molecule has 1 unspecified atom stereocenters. The number of pyridine rings is 1. The highest BCUT2D eigenvalue weighted by molar-refractivity contribution is 5.95. The summed E-state index contributed by atoms with van der Waals surface area (Å²) in [5.74, 6) is -0.145. The Balaban J connectivity index is 1.47. The Morgan fingerprint density at radius 2 is 1.59 bits per heavy atom. The molecule has 4 nitrogen and oxygen atoms in total. The van der Waals surface area contributed by atoms with Gasteiger partial charge in [-0.1, -0.05) is 66.7 Å². The summed E-state index contributed by atoms with van der Waals surface area (Å²) in [6, 6.07) is 31.2. The van der Waals surface area contributed by atoms with E-state index in [1.807, 2.05) is 98.8 Å². The van der Waals surface area contributed by atoms with E-state index >= 15 is 0 Å². The van der Waals surface area contributed by atoms with E-state index in [0.29, 0.717) is 16.8 Å². The molecule has 0 bridgehead atoms. The minimum Gasteiger partial charge on any atom is -0.345 e. The first-order chi connectivity index (χ1) is 15.5. The van der Waals surface area contributed by atoms with Gasteiger partial charge in [-0.05, 0) is 54.8 Å². The number of hydrogen-bond donors (Lipinski definition) is 1. The van der Waals surface area contributed by atoms with Gasteiger partial charge in [0.15, 0.2) is 0 Å². The molecular weight excluding hydrogens is 394 g/mol. The number of amides is 1. The molecule has 0 saturated heterocycles. The van der Waals surface area contributed by atoms with E-state index in [2.05, 4.69) is 16.4 Å². The van der Waals surface area contributed by atoms with Gasteiger partial charge in [-0.2, -0.15) is 5.26 Å². The Morgan fingerprint density at radius 3 is 2.28 bits per heavy atom. The number of nitriles is 1. The molecule has 1 atom stereocenters. The largest absolute Gasteiger partial charge is 0.345 e. The van der Waals surface area contributed by atoms with Crippen molar-refractivity contribution in [3.63, 3.8) is 0 Å². The zero-order valence-corrected chi connectivity index (χ0v) is 18.0. The van der Waals surface area contributed by atoms with Gasteiger partial charge in [0.25, 0.3) is 5.91 Å². The number of aryl methyl sites for hydroxylation is 1. The van der Waals surface area contributed by atoms with Crippen LogP contribution in [0.5, 0.6) is 0 Å². The fourth-order valence-electron chi connectivity index (χ4n) is 3.66. The minimum absolute atomic E-state index is 0.145. The molecule has 0 aliphatic carbocycles. The fourth-order valence-corrected chi connectivity index (χ4v) is 3.66. The second-order valence-corrected chi connectivity index (χ2v) is 7.71. The Bertz CT molecular complexity index is 1290. The molecule has 0 aliphatic heterocycles. The highest BCUT2D eigenvalue weighted by Gasteiger charge is 2.15. The number of carbonyl (C=O) groups is 1. The van der Waals surface area contributed by atoms with Gasteiger partial charge in [-0.25, -0.2) is 0 Å². The molecule has 4 aromatic rings. The van der Waals surface area contributed by atoms with E-state index in [1.54, 1.807) is 6.07 Å². The van der Waals surface area contributed by atoms with Gasteiger partial charge < -0.3 is 5.32 Å². The van der Waals surface area contributed by atoms with Crippen LogP contribution in [0.4, 0.5) is 0 Å². The third kappa shape index (κ3) is 4.58. The van der Waals surface area contributed by atoms with Crippen molar-refractivity contribution in [3.8, 4) is 28.5 Å². The lowest BCUT2D eigenvalue weighted by molar-refractivity contribution is 0.0939. The fraction of sp³-hybridized carbons (Fsp3) is 0.107. The van der Waals surface area contributed by atoms with Crippen LogP contribution in [0, 0.1) is 18.3 Å². The molecule has 0 fully saturated rings. The van der Waals surface area contributed by atoms with Crippen molar-refractivity contribution in [1.29, 1.82) is 5.26 Å². The van der Waals surface area contributed by atoms with Gasteiger partial charge in [0.1, 0.15) is 0 Å². The summed E-state index contributed by atoms with van der Waals surface area (Å²) in [6.45, 7) is 3.82. The van der Waals surface area contributed by atoms with Crippen LogP contribution in [0.3, 0.4) is 0 Å². The number of hydrogen-bond acceptors (Lipinski definition) is 3. The zero-order chi connectivity index (χ0) is 22.5. The molecule has 4 rings (SSSR count). The van der Waals surface area contributed by atoms with Crippen LogP contribution in [-0.2, 0) is 0 Å². The minimum atomic E-state index is -0.157. The number of rotatable bonds is 5. The Morgan fingerprint density at radius 1 is 0.875 bits per heavy atom. The molecule has 1 amide bonds. The Labute approximate surface area is 188 Å². The second-order valence-electron chi connectivity index (χ2n) is 7.71. The smallest absolute Gasteiger partial charge is 0.253 e. The summed E-state index contributed by atoms with van der Waals surface area (Å²) in [6.07, 6.45) is 0. The van der Waals surface area contributed by atoms with Crippen molar-refractivity contribution >= 4 is 5.91 Å². The summed E-state index contributed by atoms with van der Waals surface area (Å²) in [5, 5.41) is 12.2. The quantitative estimate of drug-likeness (QED) is 0.427. The Kier molecular flexibility index (Phi) is 6.10. The van der Waals surface area contributed by atoms with Crippen molar-refractivity contribution in [2.75, 3.05) is 0 Å². The summed E-state index contributed by atoms with van der Waals surface area (Å²) in [7, 11) is 0. The lowest BCUT2D eigenvalue weighted by Gasteiger charge is -2.16. The monoisotopic (exact) mass is 417 g/mol. The van der Waals surface area contributed by atoms with Gasteiger partial charge in [0.05, 0.1) is 34.6 Å². The second kappa shape index (κ2) is 9.28. The number of aromatic nitrogens is 1. The van der Waals surface area contributed by atoms with Gasteiger partial charge >= 0.3 is 0 Å². The SMILES string of the molecule is Cc1nc(-c2ccccc2)ccc1C(=O)NC(C)c1ccc(-c2cccc(C#N)c2)cc1. The van der Waals surface area contributed by atoms with E-state index in [9.17, 15) is 4.79 Å². The van der Waals surface area contributed by atoms with Crippen molar-refractivity contribution in [1.82, 2.24) is 10.3 Å². The molecule has 1 N–H and O–H groups in total. The number of nitrogens with one attached hydrogen (secondary N) is 1. The van der Waals surface area contributed by atoms with Crippen LogP contribution in [0.25, 0.3) is 22.4 Å².